The van der Waals surface area contributed by atoms with E-state index in [1.807, 2.05) is 14.2 Å². The molecule has 0 amide bonds. The van der Waals surface area contributed by atoms with Crippen molar-refractivity contribution < 1.29 is 14.2 Å². The van der Waals surface area contributed by atoms with Gasteiger partial charge in [-0.15, -0.1) is 0 Å². The molecule has 3 nitrogen and oxygen atoms in total. The van der Waals surface area contributed by atoms with Gasteiger partial charge in [-0.1, -0.05) is 121 Å². The van der Waals surface area contributed by atoms with E-state index in [1.54, 1.807) is 7.11 Å². The lowest BCUT2D eigenvalue weighted by Crippen LogP contribution is -2.26. The van der Waals surface area contributed by atoms with E-state index < -0.39 is 0 Å². The van der Waals surface area contributed by atoms with Gasteiger partial charge >= 0.3 is 0 Å². The van der Waals surface area contributed by atoms with Crippen LogP contribution in [0.1, 0.15) is 68.1 Å². The van der Waals surface area contributed by atoms with Crippen molar-refractivity contribution in [3.63, 3.8) is 0 Å². The molecule has 0 N–H and O–H groups in total. The van der Waals surface area contributed by atoms with Crippen LogP contribution in [0.4, 0.5) is 0 Å². The molecule has 0 aromatic heterocycles. The van der Waals surface area contributed by atoms with Crippen LogP contribution in [0.3, 0.4) is 0 Å². The molecule has 3 heteroatoms. The monoisotopic (exact) mass is 750 g/mol. The number of hydrogen-bond acceptors (Lipinski definition) is 3. The number of fused-ring (bicyclic) bond motifs is 5. The predicted molar refractivity (Wildman–Crippen MR) is 241 cm³/mol. The lowest BCUT2D eigenvalue weighted by molar-refractivity contribution is 0.185. The lowest BCUT2D eigenvalue weighted by atomic mass is 9.70. The molecule has 1 aliphatic carbocycles. The van der Waals surface area contributed by atoms with Gasteiger partial charge in [0.1, 0.15) is 0 Å². The smallest absolute Gasteiger partial charge is 0.0462 e. The normalized spacial score (nSPS) is 13.3. The Morgan fingerprint density at radius 1 is 0.386 bits per heavy atom. The number of hydrogen-bond donors (Lipinski definition) is 0. The SMILES string of the molecule is COCCCCc1ccc2c3cccc4c(-c5ccccc5-c5ccc6c(c5)C(CCCCOC)(CCCCOC)c5ccccc5-6)ccc(c5cccc1c25)c43. The van der Waals surface area contributed by atoms with Gasteiger partial charge in [-0.25, -0.2) is 0 Å². The first kappa shape index (κ1) is 37.5. The van der Waals surface area contributed by atoms with Crippen LogP contribution >= 0.6 is 0 Å². The highest BCUT2D eigenvalue weighted by molar-refractivity contribution is 6.34. The van der Waals surface area contributed by atoms with E-state index >= 15 is 0 Å². The Morgan fingerprint density at radius 3 is 1.61 bits per heavy atom. The van der Waals surface area contributed by atoms with E-state index in [0.29, 0.717) is 0 Å². The molecule has 0 unspecified atom stereocenters. The maximum absolute atomic E-state index is 5.52. The minimum atomic E-state index is -0.0448. The highest BCUT2D eigenvalue weighted by Gasteiger charge is 2.42. The van der Waals surface area contributed by atoms with E-state index in [4.69, 9.17) is 14.2 Å². The van der Waals surface area contributed by atoms with E-state index in [1.165, 1.54) is 93.2 Å². The molecule has 1 aliphatic rings. The Labute approximate surface area is 337 Å². The minimum absolute atomic E-state index is 0.0448. The van der Waals surface area contributed by atoms with E-state index in [0.717, 1.165) is 77.6 Å². The van der Waals surface area contributed by atoms with Gasteiger partial charge in [0, 0.05) is 46.6 Å². The van der Waals surface area contributed by atoms with Gasteiger partial charge in [0.25, 0.3) is 0 Å². The zero-order valence-corrected chi connectivity index (χ0v) is 33.8. The lowest BCUT2D eigenvalue weighted by Gasteiger charge is -2.33. The second-order valence-corrected chi connectivity index (χ2v) is 16.2. The third-order valence-corrected chi connectivity index (χ3v) is 13.0. The first-order chi connectivity index (χ1) is 28.2. The van der Waals surface area contributed by atoms with Crippen LogP contribution in [0.15, 0.2) is 127 Å². The number of rotatable bonds is 17. The summed E-state index contributed by atoms with van der Waals surface area (Å²) in [6, 6.07) is 49.0. The molecule has 0 spiro atoms. The molecule has 8 aromatic rings. The van der Waals surface area contributed by atoms with Gasteiger partial charge in [0.05, 0.1) is 0 Å². The fourth-order valence-corrected chi connectivity index (χ4v) is 10.4. The molecule has 0 saturated carbocycles. The third kappa shape index (κ3) is 6.60. The molecular formula is C54H54O3. The van der Waals surface area contributed by atoms with Crippen LogP contribution < -0.4 is 0 Å². The average molecular weight is 751 g/mol. The second-order valence-electron chi connectivity index (χ2n) is 16.2. The van der Waals surface area contributed by atoms with Gasteiger partial charge in [-0.2, -0.15) is 0 Å². The summed E-state index contributed by atoms with van der Waals surface area (Å²) >= 11 is 0. The standard InChI is InChI=1S/C54H54O3/c1-55-33-11-8-16-37-25-28-48-47-23-15-21-45-42(29-30-49(53(45)47)46-22-14-20-40(37)52(46)48)41-18-5-4-17-39(41)38-26-27-44-43-19-6-7-24-50(43)54(51(44)36-38,31-9-12-34-56-2)32-10-13-35-57-3/h4-7,14-15,17-30,36H,8-13,16,31-35H2,1-3H3. The molecule has 57 heavy (non-hydrogen) atoms. The van der Waals surface area contributed by atoms with Crippen molar-refractivity contribution in [3.8, 4) is 33.4 Å². The summed E-state index contributed by atoms with van der Waals surface area (Å²) < 4.78 is 16.4. The van der Waals surface area contributed by atoms with Crippen molar-refractivity contribution in [1.29, 1.82) is 0 Å². The van der Waals surface area contributed by atoms with Crippen LogP contribution in [0.25, 0.3) is 76.5 Å². The van der Waals surface area contributed by atoms with Crippen LogP contribution in [0.5, 0.6) is 0 Å². The summed E-state index contributed by atoms with van der Waals surface area (Å²) in [6.07, 6.45) is 9.87. The quantitative estimate of drug-likeness (QED) is 0.0527. The van der Waals surface area contributed by atoms with Gasteiger partial charge in [-0.3, -0.25) is 0 Å². The Morgan fingerprint density at radius 2 is 0.912 bits per heavy atom. The molecule has 9 rings (SSSR count). The molecule has 288 valence electrons. The predicted octanol–water partition coefficient (Wildman–Crippen LogP) is 13.9. The van der Waals surface area contributed by atoms with E-state index in [2.05, 4.69) is 127 Å². The van der Waals surface area contributed by atoms with Gasteiger partial charge in [-0.05, 0) is 157 Å². The maximum atomic E-state index is 5.52. The van der Waals surface area contributed by atoms with Gasteiger partial charge in [0.2, 0.25) is 0 Å². The molecule has 0 radical (unpaired) electrons. The summed E-state index contributed by atoms with van der Waals surface area (Å²) in [4.78, 5) is 0. The zero-order valence-electron chi connectivity index (χ0n) is 33.8. The number of unbranched alkanes of at least 4 members (excludes halogenated alkanes) is 3. The fraction of sp³-hybridized carbons (Fsp3) is 0.296. The Kier molecular flexibility index (Phi) is 10.8. The van der Waals surface area contributed by atoms with Crippen molar-refractivity contribution in [2.24, 2.45) is 0 Å². The summed E-state index contributed by atoms with van der Waals surface area (Å²) in [5.74, 6) is 0. The largest absolute Gasteiger partial charge is 0.385 e. The Hall–Kier alpha value is -5.06. The minimum Gasteiger partial charge on any atom is -0.385 e. The average Bonchev–Trinajstić information content (AvgIpc) is 3.53. The highest BCUT2D eigenvalue weighted by Crippen LogP contribution is 2.55. The summed E-state index contributed by atoms with van der Waals surface area (Å²) in [5.41, 5.74) is 12.2. The second kappa shape index (κ2) is 16.4. The van der Waals surface area contributed by atoms with Crippen molar-refractivity contribution in [2.45, 2.75) is 63.2 Å². The third-order valence-electron chi connectivity index (χ3n) is 13.0. The molecule has 8 aromatic carbocycles. The first-order valence-corrected chi connectivity index (χ1v) is 21.1. The van der Waals surface area contributed by atoms with Crippen LogP contribution in [0.2, 0.25) is 0 Å². The van der Waals surface area contributed by atoms with Crippen LogP contribution in [-0.4, -0.2) is 41.2 Å². The molecule has 0 heterocycles. The summed E-state index contributed by atoms with van der Waals surface area (Å²) in [6.45, 7) is 2.41. The highest BCUT2D eigenvalue weighted by atomic mass is 16.5. The molecular weight excluding hydrogens is 697 g/mol. The van der Waals surface area contributed by atoms with Crippen molar-refractivity contribution in [3.05, 3.63) is 144 Å². The summed E-state index contributed by atoms with van der Waals surface area (Å²) in [7, 11) is 5.42. The van der Waals surface area contributed by atoms with Crippen molar-refractivity contribution >= 4 is 43.1 Å². The number of aryl methyl sites for hydroxylation is 1. The molecule has 0 aliphatic heterocycles. The molecule has 0 atom stereocenters. The van der Waals surface area contributed by atoms with Crippen molar-refractivity contribution in [2.75, 3.05) is 41.2 Å². The fourth-order valence-electron chi connectivity index (χ4n) is 10.4. The zero-order chi connectivity index (χ0) is 38.8. The topological polar surface area (TPSA) is 27.7 Å². The van der Waals surface area contributed by atoms with Gasteiger partial charge in [0.15, 0.2) is 0 Å². The van der Waals surface area contributed by atoms with Crippen LogP contribution in [-0.2, 0) is 26.0 Å². The van der Waals surface area contributed by atoms with Crippen LogP contribution in [0, 0.1) is 0 Å². The number of benzene rings is 8. The first-order valence-electron chi connectivity index (χ1n) is 21.1. The molecule has 0 saturated heterocycles. The van der Waals surface area contributed by atoms with E-state index in [9.17, 15) is 0 Å². The molecule has 0 bridgehead atoms. The van der Waals surface area contributed by atoms with E-state index in [-0.39, 0.29) is 5.41 Å². The Balaban J connectivity index is 1.18. The number of methoxy groups -OCH3 is 3. The Bertz CT molecular complexity index is 2640. The molecule has 0 fully saturated rings. The van der Waals surface area contributed by atoms with Gasteiger partial charge < -0.3 is 14.2 Å². The summed E-state index contributed by atoms with van der Waals surface area (Å²) in [5, 5.41) is 10.8. The number of ether oxygens (including phenoxy) is 3. The maximum Gasteiger partial charge on any atom is 0.0462 e. The van der Waals surface area contributed by atoms with Crippen molar-refractivity contribution in [1.82, 2.24) is 0 Å².